The van der Waals surface area contributed by atoms with Crippen molar-refractivity contribution in [2.45, 2.75) is 89.2 Å². The van der Waals surface area contributed by atoms with Crippen molar-refractivity contribution in [2.24, 2.45) is 28.6 Å². The number of aliphatic hydroxyl groups excluding tert-OH is 1. The van der Waals surface area contributed by atoms with Gasteiger partial charge in [-0.1, -0.05) is 13.8 Å². The van der Waals surface area contributed by atoms with E-state index in [1.807, 2.05) is 0 Å². The van der Waals surface area contributed by atoms with Crippen molar-refractivity contribution in [3.05, 3.63) is 0 Å². The number of alkyl halides is 1. The lowest BCUT2D eigenvalue weighted by Crippen LogP contribution is -2.71. The standard InChI is InChI=1S/C23H33FO7/c1-12(25)31-11-18(28)22(29)7-5-15-14-8-17(24)23(30)9-13(26)4-6-20(23,2)19(14)16(27)10-21(15,22)3/h14-17,19,27,29-30H,4-11H2,1-3H3/t14-,15-,16-,17+,19+,20+,21-,22-,23-/m0/s1. The maximum Gasteiger partial charge on any atom is 0.303 e. The first-order valence-electron chi connectivity index (χ1n) is 11.3. The number of Topliss-reactive ketones (excluding diaryl/α,β-unsaturated/α-hetero) is 2. The van der Waals surface area contributed by atoms with Crippen LogP contribution in [0.1, 0.15) is 65.7 Å². The maximum absolute atomic E-state index is 15.5. The molecule has 0 spiro atoms. The minimum Gasteiger partial charge on any atom is -0.458 e. The van der Waals surface area contributed by atoms with Crippen LogP contribution in [0.2, 0.25) is 0 Å². The second-order valence-corrected chi connectivity index (χ2v) is 10.8. The molecular weight excluding hydrogens is 407 g/mol. The summed E-state index contributed by atoms with van der Waals surface area (Å²) < 4.78 is 20.3. The van der Waals surface area contributed by atoms with Crippen molar-refractivity contribution >= 4 is 17.5 Å². The highest BCUT2D eigenvalue weighted by molar-refractivity contribution is 5.91. The van der Waals surface area contributed by atoms with E-state index in [0.29, 0.717) is 12.8 Å². The summed E-state index contributed by atoms with van der Waals surface area (Å²) in [5, 5.41) is 34.0. The third-order valence-corrected chi connectivity index (χ3v) is 9.59. The lowest BCUT2D eigenvalue weighted by Gasteiger charge is -2.65. The third kappa shape index (κ3) is 2.90. The number of aliphatic hydroxyl groups is 3. The number of carbonyl (C=O) groups is 3. The Hall–Kier alpha value is -1.38. The van der Waals surface area contributed by atoms with E-state index in [-0.39, 0.29) is 49.7 Å². The molecule has 0 aliphatic heterocycles. The number of hydrogen-bond acceptors (Lipinski definition) is 7. The molecule has 31 heavy (non-hydrogen) atoms. The number of ether oxygens (including phenoxy) is 1. The van der Waals surface area contributed by atoms with E-state index in [4.69, 9.17) is 4.74 Å². The summed E-state index contributed by atoms with van der Waals surface area (Å²) in [5.41, 5.74) is -5.55. The van der Waals surface area contributed by atoms with E-state index in [9.17, 15) is 29.7 Å². The highest BCUT2D eigenvalue weighted by atomic mass is 19.1. The number of ketones is 2. The zero-order valence-electron chi connectivity index (χ0n) is 18.4. The van der Waals surface area contributed by atoms with Crippen LogP contribution < -0.4 is 0 Å². The number of hydrogen-bond donors (Lipinski definition) is 3. The molecule has 0 radical (unpaired) electrons. The summed E-state index contributed by atoms with van der Waals surface area (Å²) in [6.07, 6.45) is -1.54. The van der Waals surface area contributed by atoms with Crippen LogP contribution in [-0.4, -0.2) is 62.9 Å². The first-order valence-corrected chi connectivity index (χ1v) is 11.3. The first kappa shape index (κ1) is 22.8. The van der Waals surface area contributed by atoms with Crippen molar-refractivity contribution in [1.82, 2.24) is 0 Å². The van der Waals surface area contributed by atoms with Gasteiger partial charge in [-0.3, -0.25) is 14.4 Å². The van der Waals surface area contributed by atoms with Crippen molar-refractivity contribution in [2.75, 3.05) is 6.61 Å². The topological polar surface area (TPSA) is 121 Å². The van der Waals surface area contributed by atoms with E-state index in [0.717, 1.165) is 0 Å². The molecule has 174 valence electrons. The van der Waals surface area contributed by atoms with Crippen LogP contribution >= 0.6 is 0 Å². The zero-order chi connectivity index (χ0) is 23.0. The predicted octanol–water partition coefficient (Wildman–Crippen LogP) is 1.50. The van der Waals surface area contributed by atoms with Crippen LogP contribution in [0.5, 0.6) is 0 Å². The predicted molar refractivity (Wildman–Crippen MR) is 106 cm³/mol. The number of rotatable bonds is 3. The van der Waals surface area contributed by atoms with Crippen LogP contribution in [0.3, 0.4) is 0 Å². The van der Waals surface area contributed by atoms with Gasteiger partial charge in [0.15, 0.2) is 6.61 Å². The average molecular weight is 441 g/mol. The highest BCUT2D eigenvalue weighted by Gasteiger charge is 2.73. The lowest BCUT2D eigenvalue weighted by atomic mass is 9.42. The molecule has 8 heteroatoms. The molecule has 0 aromatic heterocycles. The molecule has 4 fully saturated rings. The van der Waals surface area contributed by atoms with Crippen LogP contribution in [0.15, 0.2) is 0 Å². The normalized spacial score (nSPS) is 51.5. The monoisotopic (exact) mass is 440 g/mol. The molecule has 0 bridgehead atoms. The molecule has 7 nitrogen and oxygen atoms in total. The molecule has 0 aromatic rings. The Kier molecular flexibility index (Phi) is 5.19. The molecule has 0 unspecified atom stereocenters. The van der Waals surface area contributed by atoms with Crippen molar-refractivity contribution in [1.29, 1.82) is 0 Å². The van der Waals surface area contributed by atoms with E-state index in [2.05, 4.69) is 0 Å². The van der Waals surface area contributed by atoms with Gasteiger partial charge < -0.3 is 20.1 Å². The largest absolute Gasteiger partial charge is 0.458 e. The smallest absolute Gasteiger partial charge is 0.303 e. The van der Waals surface area contributed by atoms with Crippen molar-refractivity contribution in [3.8, 4) is 0 Å². The minimum absolute atomic E-state index is 0.0183. The first-order chi connectivity index (χ1) is 14.3. The molecule has 4 rings (SSSR count). The van der Waals surface area contributed by atoms with Crippen molar-refractivity contribution < 1.29 is 38.8 Å². The molecule has 4 aliphatic carbocycles. The summed E-state index contributed by atoms with van der Waals surface area (Å²) >= 11 is 0. The number of fused-ring (bicyclic) bond motifs is 5. The molecule has 4 aliphatic rings. The second-order valence-electron chi connectivity index (χ2n) is 10.8. The summed E-state index contributed by atoms with van der Waals surface area (Å²) in [4.78, 5) is 36.1. The quantitative estimate of drug-likeness (QED) is 0.569. The van der Waals surface area contributed by atoms with Gasteiger partial charge in [-0.15, -0.1) is 0 Å². The van der Waals surface area contributed by atoms with Gasteiger partial charge in [0.2, 0.25) is 5.78 Å². The Labute approximate surface area is 181 Å². The van der Waals surface area contributed by atoms with Gasteiger partial charge in [0.25, 0.3) is 0 Å². The van der Waals surface area contributed by atoms with Crippen molar-refractivity contribution in [3.63, 3.8) is 0 Å². The Bertz CT molecular complexity index is 816. The Morgan fingerprint density at radius 1 is 1.19 bits per heavy atom. The SMILES string of the molecule is CC(=O)OCC(=O)[C@@]1(O)CC[C@H]2[C@@H]3C[C@@H](F)[C@@]4(O)CC(=O)CC[C@]4(C)[C@H]3[C@@H](O)C[C@@]21C. The second kappa shape index (κ2) is 7.06. The molecular formula is C23H33FO7. The van der Waals surface area contributed by atoms with Gasteiger partial charge in [0.05, 0.1) is 6.10 Å². The Balaban J connectivity index is 1.69. The average Bonchev–Trinajstić information content (AvgIpc) is 2.94. The summed E-state index contributed by atoms with van der Waals surface area (Å²) in [7, 11) is 0. The van der Waals surface area contributed by atoms with Gasteiger partial charge in [0, 0.05) is 30.6 Å². The Morgan fingerprint density at radius 2 is 1.87 bits per heavy atom. The fourth-order valence-corrected chi connectivity index (χ4v) is 7.90. The van der Waals surface area contributed by atoms with Crippen LogP contribution in [-0.2, 0) is 19.1 Å². The molecule has 9 atom stereocenters. The van der Waals surface area contributed by atoms with Crippen LogP contribution in [0.25, 0.3) is 0 Å². The summed E-state index contributed by atoms with van der Waals surface area (Å²) in [6, 6.07) is 0. The fraction of sp³-hybridized carbons (Fsp3) is 0.870. The van der Waals surface area contributed by atoms with Gasteiger partial charge in [0.1, 0.15) is 23.2 Å². The molecule has 0 saturated heterocycles. The van der Waals surface area contributed by atoms with E-state index >= 15 is 4.39 Å². The van der Waals surface area contributed by atoms with E-state index in [1.54, 1.807) is 13.8 Å². The molecule has 4 saturated carbocycles. The fourth-order valence-electron chi connectivity index (χ4n) is 7.90. The number of halogens is 1. The zero-order valence-corrected chi connectivity index (χ0v) is 18.4. The summed E-state index contributed by atoms with van der Waals surface area (Å²) in [6.45, 7) is 4.19. The molecule has 0 aromatic carbocycles. The molecule has 0 heterocycles. The Morgan fingerprint density at radius 3 is 2.52 bits per heavy atom. The van der Waals surface area contributed by atoms with E-state index < -0.39 is 58.6 Å². The van der Waals surface area contributed by atoms with E-state index in [1.165, 1.54) is 6.92 Å². The molecule has 3 N–H and O–H groups in total. The maximum atomic E-state index is 15.5. The van der Waals surface area contributed by atoms with Gasteiger partial charge in [-0.25, -0.2) is 4.39 Å². The number of carbonyl (C=O) groups excluding carboxylic acids is 3. The van der Waals surface area contributed by atoms with Gasteiger partial charge >= 0.3 is 5.97 Å². The highest BCUT2D eigenvalue weighted by Crippen LogP contribution is 2.69. The number of esters is 1. The van der Waals surface area contributed by atoms with Gasteiger partial charge in [-0.05, 0) is 49.9 Å². The lowest BCUT2D eigenvalue weighted by molar-refractivity contribution is -0.261. The third-order valence-electron chi connectivity index (χ3n) is 9.59. The summed E-state index contributed by atoms with van der Waals surface area (Å²) in [5.74, 6) is -2.38. The van der Waals surface area contributed by atoms with Crippen LogP contribution in [0.4, 0.5) is 4.39 Å². The minimum atomic E-state index is -1.81. The van der Waals surface area contributed by atoms with Crippen LogP contribution in [0, 0.1) is 28.6 Å². The molecule has 0 amide bonds. The van der Waals surface area contributed by atoms with Gasteiger partial charge in [-0.2, -0.15) is 0 Å².